The van der Waals surface area contributed by atoms with Crippen LogP contribution >= 0.6 is 11.6 Å². The molecule has 0 aliphatic heterocycles. The SMILES string of the molecule is O=S(=O)(NC[C@@H](c1ccco1)S(=O)(=O)c1ccc(Cl)cc1)c1ccccc1. The Morgan fingerprint density at radius 2 is 1.52 bits per heavy atom. The van der Waals surface area contributed by atoms with Crippen LogP contribution in [0.4, 0.5) is 0 Å². The third kappa shape index (κ3) is 4.41. The molecule has 0 radical (unpaired) electrons. The maximum atomic E-state index is 13.1. The summed E-state index contributed by atoms with van der Waals surface area (Å²) in [7, 11) is -7.80. The molecular weight excluding hydrogens is 410 g/mol. The van der Waals surface area contributed by atoms with Gasteiger partial charge in [-0.15, -0.1) is 0 Å². The third-order valence-corrected chi connectivity index (χ3v) is 7.66. The fraction of sp³-hybridized carbons (Fsp3) is 0.111. The number of hydrogen-bond donors (Lipinski definition) is 1. The van der Waals surface area contributed by atoms with Crippen molar-refractivity contribution in [2.75, 3.05) is 6.54 Å². The Kier molecular flexibility index (Phi) is 5.71. The summed E-state index contributed by atoms with van der Waals surface area (Å²) >= 11 is 5.82. The fourth-order valence-corrected chi connectivity index (χ4v) is 5.38. The van der Waals surface area contributed by atoms with Gasteiger partial charge in [0.05, 0.1) is 16.1 Å². The zero-order valence-corrected chi connectivity index (χ0v) is 16.3. The van der Waals surface area contributed by atoms with Gasteiger partial charge in [-0.25, -0.2) is 21.6 Å². The van der Waals surface area contributed by atoms with Gasteiger partial charge in [-0.3, -0.25) is 0 Å². The molecule has 3 rings (SSSR count). The number of nitrogens with one attached hydrogen (secondary N) is 1. The first kappa shape index (κ1) is 19.6. The zero-order valence-electron chi connectivity index (χ0n) is 13.9. The molecule has 142 valence electrons. The van der Waals surface area contributed by atoms with Gasteiger partial charge < -0.3 is 4.42 Å². The highest BCUT2D eigenvalue weighted by Crippen LogP contribution is 2.30. The summed E-state index contributed by atoms with van der Waals surface area (Å²) in [5, 5.41) is -0.833. The van der Waals surface area contributed by atoms with Gasteiger partial charge in [0.1, 0.15) is 11.0 Å². The molecule has 1 aromatic heterocycles. The third-order valence-electron chi connectivity index (χ3n) is 3.89. The minimum Gasteiger partial charge on any atom is -0.468 e. The molecule has 0 bridgehead atoms. The summed E-state index contributed by atoms with van der Waals surface area (Å²) in [6.45, 7) is -0.379. The number of sulfone groups is 1. The van der Waals surface area contributed by atoms with Crippen LogP contribution in [0.2, 0.25) is 5.02 Å². The van der Waals surface area contributed by atoms with Crippen LogP contribution < -0.4 is 4.72 Å². The lowest BCUT2D eigenvalue weighted by Crippen LogP contribution is -2.31. The molecule has 0 spiro atoms. The van der Waals surface area contributed by atoms with Crippen LogP contribution in [0.25, 0.3) is 0 Å². The highest BCUT2D eigenvalue weighted by Gasteiger charge is 2.32. The first-order valence-electron chi connectivity index (χ1n) is 7.88. The Balaban J connectivity index is 1.92. The summed E-state index contributed by atoms with van der Waals surface area (Å²) in [5.74, 6) is 0.140. The van der Waals surface area contributed by atoms with Crippen LogP contribution in [-0.2, 0) is 19.9 Å². The van der Waals surface area contributed by atoms with E-state index in [1.165, 1.54) is 48.7 Å². The quantitative estimate of drug-likeness (QED) is 0.625. The molecule has 1 atom stereocenters. The standard InChI is InChI=1S/C18H16ClNO5S2/c19-14-8-10-15(11-9-14)26(21,22)18(17-7-4-12-25-17)13-20-27(23,24)16-5-2-1-3-6-16/h1-12,18,20H,13H2/t18-/m0/s1. The average Bonchev–Trinajstić information content (AvgIpc) is 3.17. The molecule has 3 aromatic rings. The lowest BCUT2D eigenvalue weighted by atomic mass is 10.3. The molecule has 2 aromatic carbocycles. The first-order valence-corrected chi connectivity index (χ1v) is 11.3. The predicted molar refractivity (Wildman–Crippen MR) is 102 cm³/mol. The maximum absolute atomic E-state index is 13.1. The van der Waals surface area contributed by atoms with E-state index in [0.717, 1.165) is 0 Å². The second-order valence-electron chi connectivity index (χ2n) is 5.67. The molecule has 0 saturated heterocycles. The molecule has 9 heteroatoms. The normalized spacial score (nSPS) is 13.4. The van der Waals surface area contributed by atoms with Crippen LogP contribution in [0.15, 0.2) is 87.2 Å². The van der Waals surface area contributed by atoms with Crippen molar-refractivity contribution in [1.82, 2.24) is 4.72 Å². The van der Waals surface area contributed by atoms with Crippen LogP contribution in [0.1, 0.15) is 11.0 Å². The topological polar surface area (TPSA) is 93.4 Å². The summed E-state index contributed by atoms with van der Waals surface area (Å²) in [4.78, 5) is 0.0688. The van der Waals surface area contributed by atoms with E-state index in [1.807, 2.05) is 0 Å². The van der Waals surface area contributed by atoms with Crippen molar-refractivity contribution >= 4 is 31.5 Å². The summed E-state index contributed by atoms with van der Waals surface area (Å²) in [6.07, 6.45) is 1.34. The number of furan rings is 1. The highest BCUT2D eigenvalue weighted by atomic mass is 35.5. The van der Waals surface area contributed by atoms with Crippen molar-refractivity contribution in [2.45, 2.75) is 15.0 Å². The van der Waals surface area contributed by atoms with Gasteiger partial charge in [-0.05, 0) is 48.5 Å². The Hall–Kier alpha value is -2.13. The van der Waals surface area contributed by atoms with E-state index < -0.39 is 25.1 Å². The molecular formula is C18H16ClNO5S2. The summed E-state index contributed by atoms with van der Waals surface area (Å²) in [6, 6.07) is 16.4. The van der Waals surface area contributed by atoms with E-state index in [9.17, 15) is 16.8 Å². The monoisotopic (exact) mass is 425 g/mol. The van der Waals surface area contributed by atoms with E-state index in [0.29, 0.717) is 5.02 Å². The first-order chi connectivity index (χ1) is 12.8. The van der Waals surface area contributed by atoms with Gasteiger partial charge in [0.2, 0.25) is 10.0 Å². The van der Waals surface area contributed by atoms with Crippen molar-refractivity contribution in [2.24, 2.45) is 0 Å². The zero-order chi connectivity index (χ0) is 19.5. The van der Waals surface area contributed by atoms with Gasteiger partial charge in [0.25, 0.3) is 0 Å². The maximum Gasteiger partial charge on any atom is 0.240 e. The number of sulfonamides is 1. The molecule has 0 fully saturated rings. The second-order valence-corrected chi connectivity index (χ2v) is 10.0. The highest BCUT2D eigenvalue weighted by molar-refractivity contribution is 7.92. The molecule has 0 unspecified atom stereocenters. The van der Waals surface area contributed by atoms with Crippen molar-refractivity contribution in [3.8, 4) is 0 Å². The number of halogens is 1. The number of benzene rings is 2. The Morgan fingerprint density at radius 3 is 2.11 bits per heavy atom. The Morgan fingerprint density at radius 1 is 0.852 bits per heavy atom. The van der Waals surface area contributed by atoms with Crippen LogP contribution in [-0.4, -0.2) is 23.4 Å². The predicted octanol–water partition coefficient (Wildman–Crippen LogP) is 3.43. The van der Waals surface area contributed by atoms with Crippen molar-refractivity contribution in [1.29, 1.82) is 0 Å². The average molecular weight is 426 g/mol. The summed E-state index contributed by atoms with van der Waals surface area (Å²) < 4.78 is 58.7. The van der Waals surface area contributed by atoms with Crippen LogP contribution in [0, 0.1) is 0 Å². The molecule has 6 nitrogen and oxygen atoms in total. The minimum absolute atomic E-state index is 0.0206. The second kappa shape index (κ2) is 7.85. The molecule has 1 heterocycles. The fourth-order valence-electron chi connectivity index (χ4n) is 2.49. The van der Waals surface area contributed by atoms with E-state index >= 15 is 0 Å². The van der Waals surface area contributed by atoms with Gasteiger partial charge in [-0.1, -0.05) is 29.8 Å². The number of hydrogen-bond acceptors (Lipinski definition) is 5. The molecule has 0 aliphatic carbocycles. The lowest BCUT2D eigenvalue weighted by Gasteiger charge is -2.17. The van der Waals surface area contributed by atoms with E-state index in [1.54, 1.807) is 24.3 Å². The lowest BCUT2D eigenvalue weighted by molar-refractivity contribution is 0.486. The van der Waals surface area contributed by atoms with E-state index in [-0.39, 0.29) is 22.1 Å². The number of rotatable bonds is 7. The largest absolute Gasteiger partial charge is 0.468 e. The van der Waals surface area contributed by atoms with Gasteiger partial charge >= 0.3 is 0 Å². The van der Waals surface area contributed by atoms with Crippen molar-refractivity contribution in [3.63, 3.8) is 0 Å². The van der Waals surface area contributed by atoms with Crippen molar-refractivity contribution in [3.05, 3.63) is 83.8 Å². The van der Waals surface area contributed by atoms with Crippen LogP contribution in [0.3, 0.4) is 0 Å². The van der Waals surface area contributed by atoms with Gasteiger partial charge in [-0.2, -0.15) is 0 Å². The van der Waals surface area contributed by atoms with E-state index in [4.69, 9.17) is 16.0 Å². The molecule has 0 saturated carbocycles. The van der Waals surface area contributed by atoms with E-state index in [2.05, 4.69) is 4.72 Å². The molecule has 27 heavy (non-hydrogen) atoms. The molecule has 0 aliphatic rings. The Bertz CT molecular complexity index is 1090. The van der Waals surface area contributed by atoms with Gasteiger partial charge in [0.15, 0.2) is 9.84 Å². The smallest absolute Gasteiger partial charge is 0.240 e. The molecule has 0 amide bonds. The minimum atomic E-state index is -3.92. The molecule has 1 N–H and O–H groups in total. The summed E-state index contributed by atoms with van der Waals surface area (Å²) in [5.41, 5.74) is 0. The Labute approximate surface area is 162 Å². The van der Waals surface area contributed by atoms with Gasteiger partial charge in [0, 0.05) is 11.6 Å². The van der Waals surface area contributed by atoms with Crippen molar-refractivity contribution < 1.29 is 21.3 Å². The van der Waals surface area contributed by atoms with Crippen LogP contribution in [0.5, 0.6) is 0 Å².